The highest BCUT2D eigenvalue weighted by atomic mass is 16.5. The fourth-order valence-corrected chi connectivity index (χ4v) is 2.73. The smallest absolute Gasteiger partial charge is 0.342 e. The summed E-state index contributed by atoms with van der Waals surface area (Å²) in [7, 11) is 0. The van der Waals surface area contributed by atoms with Crippen LogP contribution in [0.4, 0.5) is 0 Å². The maximum Gasteiger partial charge on any atom is 0.342 e. The summed E-state index contributed by atoms with van der Waals surface area (Å²) in [5, 5.41) is 16.3. The molecule has 1 heterocycles. The third-order valence-electron chi connectivity index (χ3n) is 4.88. The number of aromatic nitrogens is 2. The number of hydrogen-bond acceptors (Lipinski definition) is 5. The Labute approximate surface area is 165 Å². The summed E-state index contributed by atoms with van der Waals surface area (Å²) >= 11 is 0. The summed E-state index contributed by atoms with van der Waals surface area (Å²) in [6.45, 7) is 8.93. The van der Waals surface area contributed by atoms with Gasteiger partial charge in [0.25, 0.3) is 5.91 Å². The van der Waals surface area contributed by atoms with Gasteiger partial charge in [0.2, 0.25) is 0 Å². The van der Waals surface area contributed by atoms with Gasteiger partial charge in [-0.05, 0) is 32.3 Å². The van der Waals surface area contributed by atoms with E-state index in [4.69, 9.17) is 4.74 Å². The van der Waals surface area contributed by atoms with Gasteiger partial charge in [-0.2, -0.15) is 10.4 Å². The van der Waals surface area contributed by atoms with E-state index >= 15 is 0 Å². The SMILES string of the molecule is Cc1nn(Cc2ccccc2)c(C)c1C(=O)OCC(=O)N[C@@](C)(C#N)C(C)C. The normalized spacial score (nSPS) is 12.9. The highest BCUT2D eigenvalue weighted by Gasteiger charge is 2.30. The molecule has 1 atom stereocenters. The van der Waals surface area contributed by atoms with Gasteiger partial charge in [-0.3, -0.25) is 9.48 Å². The molecular weight excluding hydrogens is 356 g/mol. The highest BCUT2D eigenvalue weighted by molar-refractivity contribution is 5.93. The van der Waals surface area contributed by atoms with Crippen molar-refractivity contribution in [1.29, 1.82) is 5.26 Å². The number of nitriles is 1. The zero-order chi connectivity index (χ0) is 20.9. The van der Waals surface area contributed by atoms with Crippen LogP contribution in [0.1, 0.15) is 48.1 Å². The van der Waals surface area contributed by atoms with Crippen LogP contribution in [0.15, 0.2) is 30.3 Å². The molecule has 0 aliphatic heterocycles. The van der Waals surface area contributed by atoms with Gasteiger partial charge in [0, 0.05) is 0 Å². The van der Waals surface area contributed by atoms with Crippen molar-refractivity contribution in [2.75, 3.05) is 6.61 Å². The third-order valence-corrected chi connectivity index (χ3v) is 4.88. The van der Waals surface area contributed by atoms with E-state index < -0.39 is 24.0 Å². The van der Waals surface area contributed by atoms with E-state index in [1.807, 2.05) is 44.2 Å². The molecule has 0 radical (unpaired) electrons. The lowest BCUT2D eigenvalue weighted by atomic mass is 9.90. The van der Waals surface area contributed by atoms with E-state index in [2.05, 4.69) is 16.5 Å². The maximum absolute atomic E-state index is 12.5. The van der Waals surface area contributed by atoms with E-state index in [0.29, 0.717) is 23.5 Å². The van der Waals surface area contributed by atoms with Crippen LogP contribution in [0.2, 0.25) is 0 Å². The summed E-state index contributed by atoms with van der Waals surface area (Å²) in [6.07, 6.45) is 0. The van der Waals surface area contributed by atoms with E-state index in [1.54, 1.807) is 25.5 Å². The summed E-state index contributed by atoms with van der Waals surface area (Å²) in [5.41, 5.74) is 1.63. The van der Waals surface area contributed by atoms with Crippen molar-refractivity contribution in [2.24, 2.45) is 5.92 Å². The van der Waals surface area contributed by atoms with E-state index in [-0.39, 0.29) is 5.92 Å². The van der Waals surface area contributed by atoms with Crippen LogP contribution in [0.5, 0.6) is 0 Å². The average molecular weight is 382 g/mol. The molecule has 0 saturated carbocycles. The second-order valence-corrected chi connectivity index (χ2v) is 7.28. The van der Waals surface area contributed by atoms with Crippen molar-refractivity contribution in [3.8, 4) is 6.07 Å². The van der Waals surface area contributed by atoms with Gasteiger partial charge in [0.1, 0.15) is 11.1 Å². The first-order valence-electron chi connectivity index (χ1n) is 9.15. The first-order chi connectivity index (χ1) is 13.2. The van der Waals surface area contributed by atoms with Crippen molar-refractivity contribution in [3.05, 3.63) is 52.8 Å². The standard InChI is InChI=1S/C21H26N4O3/c1-14(2)21(5,13-22)23-18(26)12-28-20(27)19-15(3)24-25(16(19)4)11-17-9-7-6-8-10-17/h6-10,14H,11-12H2,1-5H3,(H,23,26)/t21-/m0/s1. The van der Waals surface area contributed by atoms with Crippen LogP contribution in [0.3, 0.4) is 0 Å². The lowest BCUT2D eigenvalue weighted by molar-refractivity contribution is -0.125. The molecule has 7 nitrogen and oxygen atoms in total. The van der Waals surface area contributed by atoms with Crippen LogP contribution >= 0.6 is 0 Å². The van der Waals surface area contributed by atoms with Gasteiger partial charge in [-0.25, -0.2) is 4.79 Å². The molecule has 0 aliphatic carbocycles. The lowest BCUT2D eigenvalue weighted by Crippen LogP contribution is -2.50. The summed E-state index contributed by atoms with van der Waals surface area (Å²) in [4.78, 5) is 24.6. The van der Waals surface area contributed by atoms with E-state index in [0.717, 1.165) is 5.56 Å². The van der Waals surface area contributed by atoms with Gasteiger partial charge in [0.15, 0.2) is 6.61 Å². The monoisotopic (exact) mass is 382 g/mol. The number of carbonyl (C=O) groups is 2. The first-order valence-corrected chi connectivity index (χ1v) is 9.15. The molecule has 1 aromatic heterocycles. The molecule has 2 aromatic rings. The fourth-order valence-electron chi connectivity index (χ4n) is 2.73. The average Bonchev–Trinajstić information content (AvgIpc) is 2.93. The van der Waals surface area contributed by atoms with Crippen LogP contribution in [-0.2, 0) is 16.1 Å². The largest absolute Gasteiger partial charge is 0.452 e. The maximum atomic E-state index is 12.5. The van der Waals surface area contributed by atoms with Gasteiger partial charge in [0.05, 0.1) is 24.0 Å². The number of esters is 1. The van der Waals surface area contributed by atoms with Crippen LogP contribution in [-0.4, -0.2) is 33.8 Å². The molecule has 0 spiro atoms. The molecule has 7 heteroatoms. The number of rotatable bonds is 7. The van der Waals surface area contributed by atoms with Gasteiger partial charge < -0.3 is 10.1 Å². The number of hydrogen-bond donors (Lipinski definition) is 1. The van der Waals surface area contributed by atoms with Gasteiger partial charge in [-0.1, -0.05) is 44.2 Å². The molecule has 0 bridgehead atoms. The third kappa shape index (κ3) is 4.77. The Hall–Kier alpha value is -3.14. The van der Waals surface area contributed by atoms with Crippen LogP contribution in [0, 0.1) is 31.1 Å². The van der Waals surface area contributed by atoms with E-state index in [1.165, 1.54) is 0 Å². The van der Waals surface area contributed by atoms with E-state index in [9.17, 15) is 14.9 Å². The molecule has 0 fully saturated rings. The van der Waals surface area contributed by atoms with Crippen molar-refractivity contribution >= 4 is 11.9 Å². The second-order valence-electron chi connectivity index (χ2n) is 7.28. The number of nitrogens with one attached hydrogen (secondary N) is 1. The summed E-state index contributed by atoms with van der Waals surface area (Å²) in [6, 6.07) is 11.9. The highest BCUT2D eigenvalue weighted by Crippen LogP contribution is 2.17. The van der Waals surface area contributed by atoms with Gasteiger partial charge >= 0.3 is 5.97 Å². The molecule has 1 amide bonds. The van der Waals surface area contributed by atoms with Crippen molar-refractivity contribution in [2.45, 2.75) is 46.7 Å². The zero-order valence-corrected chi connectivity index (χ0v) is 16.9. The predicted molar refractivity (Wildman–Crippen MR) is 105 cm³/mol. The number of ether oxygens (including phenoxy) is 1. The molecule has 1 aromatic carbocycles. The molecule has 148 valence electrons. The molecule has 1 N–H and O–H groups in total. The predicted octanol–water partition coefficient (Wildman–Crippen LogP) is 2.76. The summed E-state index contributed by atoms with van der Waals surface area (Å²) in [5.74, 6) is -1.20. The number of benzene rings is 1. The minimum atomic E-state index is -1.02. The minimum Gasteiger partial charge on any atom is -0.452 e. The molecule has 0 aliphatic rings. The van der Waals surface area contributed by atoms with Crippen molar-refractivity contribution < 1.29 is 14.3 Å². The fraction of sp³-hybridized carbons (Fsp3) is 0.429. The Morgan fingerprint density at radius 3 is 2.50 bits per heavy atom. The molecule has 2 rings (SSSR count). The van der Waals surface area contributed by atoms with Crippen LogP contribution in [0.25, 0.3) is 0 Å². The first kappa shape index (κ1) is 21.2. The van der Waals surface area contributed by atoms with Crippen molar-refractivity contribution in [3.63, 3.8) is 0 Å². The topological polar surface area (TPSA) is 97.0 Å². The quantitative estimate of drug-likeness (QED) is 0.743. The van der Waals surface area contributed by atoms with Crippen LogP contribution < -0.4 is 5.32 Å². The zero-order valence-electron chi connectivity index (χ0n) is 16.9. The molecular formula is C21H26N4O3. The number of nitrogens with zero attached hydrogens (tertiary/aromatic N) is 3. The Morgan fingerprint density at radius 2 is 1.93 bits per heavy atom. The second kappa shape index (κ2) is 8.70. The molecule has 28 heavy (non-hydrogen) atoms. The summed E-state index contributed by atoms with van der Waals surface area (Å²) < 4.78 is 6.91. The Kier molecular flexibility index (Phi) is 6.57. The number of aryl methyl sites for hydroxylation is 1. The molecule has 0 unspecified atom stereocenters. The Balaban J connectivity index is 2.05. The Morgan fingerprint density at radius 1 is 1.29 bits per heavy atom. The van der Waals surface area contributed by atoms with Gasteiger partial charge in [-0.15, -0.1) is 0 Å². The minimum absolute atomic E-state index is 0.0853. The van der Waals surface area contributed by atoms with Crippen molar-refractivity contribution in [1.82, 2.24) is 15.1 Å². The molecule has 0 saturated heterocycles. The number of amides is 1. The Bertz CT molecular complexity index is 896. The lowest BCUT2D eigenvalue weighted by Gasteiger charge is -2.27. The number of carbonyl (C=O) groups excluding carboxylic acids is 2.